The molecule has 230 valence electrons. The van der Waals surface area contributed by atoms with Gasteiger partial charge in [0.1, 0.15) is 17.8 Å². The number of ketones is 1. The van der Waals surface area contributed by atoms with Crippen LogP contribution in [0.15, 0.2) is 53.6 Å². The van der Waals surface area contributed by atoms with E-state index in [9.17, 15) is 29.7 Å². The molecule has 9 heteroatoms. The zero-order valence-electron chi connectivity index (χ0n) is 25.7. The van der Waals surface area contributed by atoms with Gasteiger partial charge in [0.25, 0.3) is 0 Å². The molecule has 0 aromatic heterocycles. The number of esters is 2. The lowest BCUT2D eigenvalue weighted by Crippen LogP contribution is -2.69. The minimum Gasteiger partial charge on any atom is -0.458 e. The summed E-state index contributed by atoms with van der Waals surface area (Å²) < 4.78 is 11.7. The minimum absolute atomic E-state index is 0.0847. The molecule has 0 unspecified atom stereocenters. The van der Waals surface area contributed by atoms with E-state index in [2.05, 4.69) is 6.58 Å². The van der Waals surface area contributed by atoms with Crippen LogP contribution in [0.2, 0.25) is 0 Å². The van der Waals surface area contributed by atoms with Crippen LogP contribution in [0.4, 0.5) is 0 Å². The van der Waals surface area contributed by atoms with E-state index < -0.39 is 64.5 Å². The molecule has 3 aliphatic rings. The quantitative estimate of drug-likeness (QED) is 0.341. The van der Waals surface area contributed by atoms with E-state index in [-0.39, 0.29) is 25.3 Å². The predicted octanol–water partition coefficient (Wildman–Crippen LogP) is 3.28. The van der Waals surface area contributed by atoms with Crippen LogP contribution in [0.1, 0.15) is 71.9 Å². The smallest absolute Gasteiger partial charge is 0.308 e. The summed E-state index contributed by atoms with van der Waals surface area (Å²) in [6.45, 7) is 12.2. The molecule has 0 heterocycles. The number of hydrogen-bond acceptors (Lipinski definition) is 9. The van der Waals surface area contributed by atoms with Gasteiger partial charge >= 0.3 is 11.9 Å². The van der Waals surface area contributed by atoms with Crippen LogP contribution in [0.25, 0.3) is 0 Å². The molecular weight excluding hydrogens is 538 g/mol. The van der Waals surface area contributed by atoms with E-state index in [0.717, 1.165) is 5.56 Å². The summed E-state index contributed by atoms with van der Waals surface area (Å²) in [5.41, 5.74) is -2.44. The van der Waals surface area contributed by atoms with Crippen molar-refractivity contribution in [2.24, 2.45) is 16.7 Å². The van der Waals surface area contributed by atoms with Gasteiger partial charge in [0.2, 0.25) is 0 Å². The third-order valence-electron chi connectivity index (χ3n) is 10.3. The van der Waals surface area contributed by atoms with Gasteiger partial charge in [0, 0.05) is 36.1 Å². The molecule has 2 fully saturated rings. The first-order chi connectivity index (χ1) is 19.5. The van der Waals surface area contributed by atoms with Crippen LogP contribution < -0.4 is 0 Å². The highest BCUT2D eigenvalue weighted by Gasteiger charge is 2.67. The molecule has 8 atom stereocenters. The molecule has 4 rings (SSSR count). The van der Waals surface area contributed by atoms with Gasteiger partial charge in [-0.05, 0) is 56.1 Å². The maximum Gasteiger partial charge on any atom is 0.308 e. The maximum atomic E-state index is 13.3. The van der Waals surface area contributed by atoms with Crippen LogP contribution in [0.5, 0.6) is 0 Å². The number of fused-ring (bicyclic) bond motifs is 3. The lowest BCUT2D eigenvalue weighted by Gasteiger charge is -2.61. The Morgan fingerprint density at radius 1 is 1.10 bits per heavy atom. The number of carbonyl (C=O) groups is 3. The van der Waals surface area contributed by atoms with Crippen LogP contribution in [-0.2, 0) is 23.9 Å². The number of ether oxygens (including phenoxy) is 2. The molecule has 1 aromatic carbocycles. The maximum absolute atomic E-state index is 13.3. The molecule has 3 aliphatic carbocycles. The third-order valence-corrected chi connectivity index (χ3v) is 10.3. The summed E-state index contributed by atoms with van der Waals surface area (Å²) in [5, 5.41) is 36.2. The number of hydrogen-bond donors (Lipinski definition) is 3. The van der Waals surface area contributed by atoms with Crippen LogP contribution in [0, 0.1) is 16.7 Å². The van der Waals surface area contributed by atoms with Gasteiger partial charge in [0.05, 0.1) is 12.5 Å². The largest absolute Gasteiger partial charge is 0.458 e. The molecular formula is C33H45NO8. The summed E-state index contributed by atoms with van der Waals surface area (Å²) in [6, 6.07) is 9.42. The normalized spacial score (nSPS) is 35.2. The minimum atomic E-state index is -1.97. The first-order valence-corrected chi connectivity index (χ1v) is 14.6. The van der Waals surface area contributed by atoms with Gasteiger partial charge in [-0.15, -0.1) is 0 Å². The highest BCUT2D eigenvalue weighted by molar-refractivity contribution is 5.98. The highest BCUT2D eigenvalue weighted by Crippen LogP contribution is 2.60. The number of aliphatic hydroxyl groups is 3. The molecule has 0 aliphatic heterocycles. The topological polar surface area (TPSA) is 134 Å². The van der Waals surface area contributed by atoms with Gasteiger partial charge < -0.3 is 29.7 Å². The fourth-order valence-corrected chi connectivity index (χ4v) is 7.65. The number of aliphatic hydroxyl groups excluding tert-OH is 2. The Kier molecular flexibility index (Phi) is 8.66. The SMILES string of the molecule is C=C1[C@@H](OC(=O)C[C@@H](c2ccccc2)N(C)C)CC[C@@]2(C)[C@@H](O)[C@H](OC(C)=O)C3=C(C)C(=O)C[C@](O)([C@@H](O)[C@H]12)C3(C)C. The third kappa shape index (κ3) is 5.14. The van der Waals surface area contributed by atoms with Crippen molar-refractivity contribution in [1.29, 1.82) is 0 Å². The second kappa shape index (κ2) is 11.3. The van der Waals surface area contributed by atoms with Gasteiger partial charge in [-0.25, -0.2) is 0 Å². The fraction of sp³-hybridized carbons (Fsp3) is 0.606. The van der Waals surface area contributed by atoms with Crippen molar-refractivity contribution in [1.82, 2.24) is 4.90 Å². The Morgan fingerprint density at radius 3 is 2.29 bits per heavy atom. The van der Waals surface area contributed by atoms with E-state index in [1.807, 2.05) is 49.3 Å². The number of carbonyl (C=O) groups excluding carboxylic acids is 3. The van der Waals surface area contributed by atoms with Gasteiger partial charge in [-0.2, -0.15) is 0 Å². The summed E-state index contributed by atoms with van der Waals surface area (Å²) >= 11 is 0. The molecule has 42 heavy (non-hydrogen) atoms. The Morgan fingerprint density at radius 2 is 1.71 bits per heavy atom. The van der Waals surface area contributed by atoms with Crippen molar-refractivity contribution in [2.75, 3.05) is 14.1 Å². The Labute approximate surface area is 248 Å². The first-order valence-electron chi connectivity index (χ1n) is 14.6. The summed E-state index contributed by atoms with van der Waals surface area (Å²) in [4.78, 5) is 40.7. The molecule has 2 bridgehead atoms. The van der Waals surface area contributed by atoms with Crippen LogP contribution in [0.3, 0.4) is 0 Å². The zero-order chi connectivity index (χ0) is 31.4. The number of Topliss-reactive ketones (excluding diaryl/α,β-unsaturated/α-hetero) is 1. The second-order valence-corrected chi connectivity index (χ2v) is 13.3. The van der Waals surface area contributed by atoms with Crippen LogP contribution in [-0.4, -0.2) is 82.1 Å². The van der Waals surface area contributed by atoms with Crippen molar-refractivity contribution >= 4 is 17.7 Å². The molecule has 0 saturated heterocycles. The van der Waals surface area contributed by atoms with Gasteiger partial charge in [-0.3, -0.25) is 14.4 Å². The number of rotatable bonds is 6. The molecule has 2 saturated carbocycles. The van der Waals surface area contributed by atoms with Crippen molar-refractivity contribution < 1.29 is 39.2 Å². The Balaban J connectivity index is 1.71. The van der Waals surface area contributed by atoms with Crippen molar-refractivity contribution in [3.63, 3.8) is 0 Å². The predicted molar refractivity (Wildman–Crippen MR) is 156 cm³/mol. The number of benzene rings is 1. The number of allylic oxidation sites excluding steroid dienone is 1. The van der Waals surface area contributed by atoms with Gasteiger partial charge in [0.15, 0.2) is 11.9 Å². The van der Waals surface area contributed by atoms with E-state index in [4.69, 9.17) is 9.47 Å². The van der Waals surface area contributed by atoms with Gasteiger partial charge in [-0.1, -0.05) is 57.7 Å². The summed E-state index contributed by atoms with van der Waals surface area (Å²) in [5.74, 6) is -2.47. The molecule has 1 aromatic rings. The fourth-order valence-electron chi connectivity index (χ4n) is 7.65. The molecule has 0 amide bonds. The van der Waals surface area contributed by atoms with E-state index in [0.29, 0.717) is 23.1 Å². The molecule has 3 N–H and O–H groups in total. The average molecular weight is 584 g/mol. The van der Waals surface area contributed by atoms with Crippen molar-refractivity contribution in [2.45, 2.75) is 96.4 Å². The zero-order valence-corrected chi connectivity index (χ0v) is 25.7. The molecule has 0 spiro atoms. The van der Waals surface area contributed by atoms with E-state index in [1.54, 1.807) is 27.7 Å². The standard InChI is InChI=1S/C33H45NO8/c1-18-23(36)17-33(40)29(38)27-19(2)24(42-25(37)16-22(34(7)8)21-12-10-9-11-13-21)14-15-32(27,6)30(39)28(41-20(3)35)26(18)31(33,4)5/h9-13,22,24,27-30,38-40H,2,14-17H2,1,3-8H3/t22-,24-,27-,28+,29-,30-,32+,33-/m0/s1. The summed E-state index contributed by atoms with van der Waals surface area (Å²) in [7, 11) is 3.78. The highest BCUT2D eigenvalue weighted by atomic mass is 16.6. The lowest BCUT2D eigenvalue weighted by molar-refractivity contribution is -0.221. The average Bonchev–Trinajstić information content (AvgIpc) is 2.91. The Bertz CT molecular complexity index is 1290. The molecule has 9 nitrogen and oxygen atoms in total. The number of nitrogens with zero attached hydrogens (tertiary/aromatic N) is 1. The monoisotopic (exact) mass is 583 g/mol. The van der Waals surface area contributed by atoms with Crippen LogP contribution >= 0.6 is 0 Å². The van der Waals surface area contributed by atoms with Crippen molar-refractivity contribution in [3.05, 3.63) is 59.2 Å². The van der Waals surface area contributed by atoms with E-state index in [1.165, 1.54) is 6.92 Å². The second-order valence-electron chi connectivity index (χ2n) is 13.3. The lowest BCUT2D eigenvalue weighted by atomic mass is 9.48. The molecule has 0 radical (unpaired) electrons. The summed E-state index contributed by atoms with van der Waals surface area (Å²) in [6.07, 6.45) is -4.58. The Hall–Kier alpha value is -2.85. The van der Waals surface area contributed by atoms with E-state index >= 15 is 0 Å². The first kappa shape index (κ1) is 32.1. The van der Waals surface area contributed by atoms with Crippen molar-refractivity contribution in [3.8, 4) is 0 Å².